The van der Waals surface area contributed by atoms with Crippen molar-refractivity contribution in [2.75, 3.05) is 0 Å². The predicted octanol–water partition coefficient (Wildman–Crippen LogP) is 2.53. The van der Waals surface area contributed by atoms with Gasteiger partial charge in [-0.1, -0.05) is 42.0 Å². The van der Waals surface area contributed by atoms with Gasteiger partial charge in [0.2, 0.25) is 10.0 Å². The van der Waals surface area contributed by atoms with Crippen molar-refractivity contribution in [2.45, 2.75) is 31.4 Å². The molecule has 1 unspecified atom stereocenters. The summed E-state index contributed by atoms with van der Waals surface area (Å²) in [5, 5.41) is 9.54. The van der Waals surface area contributed by atoms with E-state index in [0.717, 1.165) is 11.1 Å². The lowest BCUT2D eigenvalue weighted by molar-refractivity contribution is 0.199. The summed E-state index contributed by atoms with van der Waals surface area (Å²) in [6.07, 6.45) is -0.697. The molecular weight excluding hydrogens is 286 g/mol. The van der Waals surface area contributed by atoms with Crippen LogP contribution in [0.2, 0.25) is 0 Å². The molecule has 0 heterocycles. The Bertz CT molecular complexity index is 724. The fourth-order valence-electron chi connectivity index (χ4n) is 2.03. The van der Waals surface area contributed by atoms with E-state index in [-0.39, 0.29) is 11.4 Å². The fourth-order valence-corrected chi connectivity index (χ4v) is 3.10. The Labute approximate surface area is 125 Å². The third-order valence-corrected chi connectivity index (χ3v) is 4.60. The van der Waals surface area contributed by atoms with Crippen LogP contribution < -0.4 is 4.72 Å². The first-order chi connectivity index (χ1) is 9.88. The number of aliphatic hydroxyl groups excluding tert-OH is 1. The molecule has 0 aromatic heterocycles. The maximum atomic E-state index is 12.3. The van der Waals surface area contributed by atoms with Crippen LogP contribution in [-0.2, 0) is 16.6 Å². The molecule has 2 aromatic rings. The topological polar surface area (TPSA) is 66.4 Å². The van der Waals surface area contributed by atoms with Crippen LogP contribution in [0.3, 0.4) is 0 Å². The van der Waals surface area contributed by atoms with Gasteiger partial charge in [-0.05, 0) is 37.1 Å². The van der Waals surface area contributed by atoms with Crippen molar-refractivity contribution in [3.05, 3.63) is 65.2 Å². The Morgan fingerprint density at radius 2 is 1.86 bits per heavy atom. The fraction of sp³-hybridized carbons (Fsp3) is 0.250. The van der Waals surface area contributed by atoms with Gasteiger partial charge in [0.25, 0.3) is 0 Å². The van der Waals surface area contributed by atoms with E-state index in [2.05, 4.69) is 4.72 Å². The molecule has 0 amide bonds. The lowest BCUT2D eigenvalue weighted by atomic mass is 10.1. The average Bonchev–Trinajstić information content (AvgIpc) is 2.45. The lowest BCUT2D eigenvalue weighted by Crippen LogP contribution is -2.23. The number of hydrogen-bond donors (Lipinski definition) is 2. The number of rotatable bonds is 5. The van der Waals surface area contributed by atoms with Crippen molar-refractivity contribution in [1.29, 1.82) is 0 Å². The molecule has 21 heavy (non-hydrogen) atoms. The summed E-state index contributed by atoms with van der Waals surface area (Å²) in [4.78, 5) is 0.161. The average molecular weight is 305 g/mol. The molecule has 0 radical (unpaired) electrons. The Hall–Kier alpha value is -1.69. The van der Waals surface area contributed by atoms with E-state index in [1.54, 1.807) is 19.1 Å². The minimum Gasteiger partial charge on any atom is -0.389 e. The van der Waals surface area contributed by atoms with E-state index in [9.17, 15) is 13.5 Å². The molecule has 0 saturated carbocycles. The molecule has 0 saturated heterocycles. The van der Waals surface area contributed by atoms with Gasteiger partial charge in [0.15, 0.2) is 0 Å². The highest BCUT2D eigenvalue weighted by Gasteiger charge is 2.15. The van der Waals surface area contributed by atoms with Gasteiger partial charge in [0.05, 0.1) is 11.0 Å². The van der Waals surface area contributed by atoms with Crippen LogP contribution in [-0.4, -0.2) is 13.5 Å². The number of aryl methyl sites for hydroxylation is 1. The molecule has 2 aromatic carbocycles. The largest absolute Gasteiger partial charge is 0.389 e. The molecule has 0 aliphatic heterocycles. The van der Waals surface area contributed by atoms with Crippen molar-refractivity contribution < 1.29 is 13.5 Å². The zero-order chi connectivity index (χ0) is 15.5. The summed E-state index contributed by atoms with van der Waals surface area (Å²) in [6.45, 7) is 3.80. The summed E-state index contributed by atoms with van der Waals surface area (Å²) < 4.78 is 27.1. The van der Waals surface area contributed by atoms with Gasteiger partial charge in [0.1, 0.15) is 0 Å². The van der Waals surface area contributed by atoms with Crippen LogP contribution in [0.4, 0.5) is 0 Å². The van der Waals surface area contributed by atoms with Gasteiger partial charge < -0.3 is 5.11 Å². The SMILES string of the molecule is Cc1cccc(CNS(=O)(=O)c2cccc(C(C)O)c2)c1. The van der Waals surface area contributed by atoms with Gasteiger partial charge >= 0.3 is 0 Å². The van der Waals surface area contributed by atoms with Gasteiger partial charge in [0, 0.05) is 6.54 Å². The third kappa shape index (κ3) is 4.14. The molecule has 0 bridgehead atoms. The van der Waals surface area contributed by atoms with Crippen molar-refractivity contribution in [2.24, 2.45) is 0 Å². The van der Waals surface area contributed by atoms with E-state index < -0.39 is 16.1 Å². The molecule has 0 fully saturated rings. The summed E-state index contributed by atoms with van der Waals surface area (Å²) in [6, 6.07) is 14.0. The van der Waals surface area contributed by atoms with Gasteiger partial charge in [-0.25, -0.2) is 13.1 Å². The van der Waals surface area contributed by atoms with E-state index in [1.807, 2.05) is 31.2 Å². The van der Waals surface area contributed by atoms with Gasteiger partial charge in [-0.2, -0.15) is 0 Å². The molecule has 112 valence electrons. The van der Waals surface area contributed by atoms with Crippen LogP contribution >= 0.6 is 0 Å². The minimum atomic E-state index is -3.59. The van der Waals surface area contributed by atoms with Crippen LogP contribution in [0.15, 0.2) is 53.4 Å². The molecule has 2 N–H and O–H groups in total. The highest BCUT2D eigenvalue weighted by molar-refractivity contribution is 7.89. The Morgan fingerprint density at radius 1 is 1.14 bits per heavy atom. The molecule has 2 rings (SSSR count). The molecule has 0 aliphatic rings. The second kappa shape index (κ2) is 6.39. The number of sulfonamides is 1. The smallest absolute Gasteiger partial charge is 0.240 e. The Balaban J connectivity index is 2.17. The number of hydrogen-bond acceptors (Lipinski definition) is 3. The maximum Gasteiger partial charge on any atom is 0.240 e. The summed E-state index contributed by atoms with van der Waals surface area (Å²) in [5.74, 6) is 0. The highest BCUT2D eigenvalue weighted by atomic mass is 32.2. The van der Waals surface area contributed by atoms with Crippen LogP contribution in [0.1, 0.15) is 29.7 Å². The quantitative estimate of drug-likeness (QED) is 0.892. The number of nitrogens with one attached hydrogen (secondary N) is 1. The zero-order valence-corrected chi connectivity index (χ0v) is 12.9. The van der Waals surface area contributed by atoms with E-state index in [0.29, 0.717) is 5.56 Å². The normalized spacial score (nSPS) is 13.1. The molecular formula is C16H19NO3S. The van der Waals surface area contributed by atoms with Crippen LogP contribution in [0, 0.1) is 6.92 Å². The molecule has 0 aliphatic carbocycles. The molecule has 5 heteroatoms. The second-order valence-corrected chi connectivity index (χ2v) is 6.83. The van der Waals surface area contributed by atoms with Crippen molar-refractivity contribution in [3.63, 3.8) is 0 Å². The van der Waals surface area contributed by atoms with E-state index >= 15 is 0 Å². The first kappa shape index (κ1) is 15.7. The first-order valence-corrected chi connectivity index (χ1v) is 8.20. The molecule has 1 atom stereocenters. The number of benzene rings is 2. The van der Waals surface area contributed by atoms with E-state index in [4.69, 9.17) is 0 Å². The van der Waals surface area contributed by atoms with Crippen molar-refractivity contribution in [3.8, 4) is 0 Å². The minimum absolute atomic E-state index is 0.161. The summed E-state index contributed by atoms with van der Waals surface area (Å²) >= 11 is 0. The number of aliphatic hydroxyl groups is 1. The Kier molecular flexibility index (Phi) is 4.77. The second-order valence-electron chi connectivity index (χ2n) is 5.06. The van der Waals surface area contributed by atoms with Crippen LogP contribution in [0.5, 0.6) is 0 Å². The maximum absolute atomic E-state index is 12.3. The van der Waals surface area contributed by atoms with Gasteiger partial charge in [-0.3, -0.25) is 0 Å². The predicted molar refractivity (Wildman–Crippen MR) is 82.3 cm³/mol. The summed E-state index contributed by atoms with van der Waals surface area (Å²) in [5.41, 5.74) is 2.57. The Morgan fingerprint density at radius 3 is 2.52 bits per heavy atom. The highest BCUT2D eigenvalue weighted by Crippen LogP contribution is 2.17. The van der Waals surface area contributed by atoms with Crippen LogP contribution in [0.25, 0.3) is 0 Å². The monoisotopic (exact) mass is 305 g/mol. The molecule has 0 spiro atoms. The zero-order valence-electron chi connectivity index (χ0n) is 12.1. The lowest BCUT2D eigenvalue weighted by Gasteiger charge is -2.10. The first-order valence-electron chi connectivity index (χ1n) is 6.72. The van der Waals surface area contributed by atoms with Crippen molar-refractivity contribution in [1.82, 2.24) is 4.72 Å². The van der Waals surface area contributed by atoms with Gasteiger partial charge in [-0.15, -0.1) is 0 Å². The standard InChI is InChI=1S/C16H19NO3S/c1-12-5-3-6-14(9-12)11-17-21(19,20)16-8-4-7-15(10-16)13(2)18/h3-10,13,17-18H,11H2,1-2H3. The third-order valence-electron chi connectivity index (χ3n) is 3.20. The van der Waals surface area contributed by atoms with Crippen molar-refractivity contribution >= 4 is 10.0 Å². The molecule has 4 nitrogen and oxygen atoms in total. The summed E-state index contributed by atoms with van der Waals surface area (Å²) in [7, 11) is -3.59. The van der Waals surface area contributed by atoms with E-state index in [1.165, 1.54) is 12.1 Å².